The molecular formula is C109H131BrN28O6. The molecule has 25 aliphatic rings. The Morgan fingerprint density at radius 1 is 0.312 bits per heavy atom. The lowest BCUT2D eigenvalue weighted by molar-refractivity contribution is -0.0830. The number of nitrogens with zero attached hydrogens (tertiary/aromatic N) is 22. The van der Waals surface area contributed by atoms with Crippen LogP contribution in [0.4, 0.5) is 35.2 Å². The second-order valence-electron chi connectivity index (χ2n) is 43.3. The standard InChI is InChI=1S/C20H23N5O.C19H20BrN5O.C19H27N5O.C18H20N4O.C17H19N5O.C16H22N4O/c1-14-3-2-4-15(9-14)16-10-21-18(22-11-16)24-19-23-12-20(26-19)13-25-7-5-17(20)6-8-25;20-15-10-21-17(23-16(15)13-4-2-1-3-5-13)24-18-22-11-19(26-18)12-25-8-6-14(19)7-9-25;1-2-4-14(3-1)9-16-10-17(22-13-21-16)23-18-20-11-19(25-18)12-24-7-5-15(19)6-8-24;1-2-4-14-10-19-16(9-13(14)3-1)21-17-20-11-18(23-17)12-22-7-5-15(18)6-8-22;1-2-4-14-13(3-1)18-9-15(20-14)21-16-19-10-17(23-16)11-22-7-5-12(17)6-8-22;1-11-7-14(17-8-12(11)2)19-15-18-9-16(21-15)10-20-5-3-13(16)4-6-20/h2-4,9-11,17H,5-8,12-13H2,1H3,(H,21,22,23,24);1-5,10,14H,6-9,11-12H2,(H,21,22,23,24);10,13-15H,1-9,11-12H2,(H,20,21,22,23);1-4,9-10,15H,5-8,11-12H2,(H,19,20,21);1-4,9,12H,5-8,10-11H2,(H,19,20,21);7-8,13H,3-6,9-10H2,1-2H3,(H,17,18,19)/t20-;2*19-;18-;17-;16-/m000000/s1. The van der Waals surface area contributed by atoms with Crippen molar-refractivity contribution in [2.45, 2.75) is 164 Å². The molecular weight excluding hydrogens is 1880 g/mol. The molecule has 1 saturated carbocycles. The second kappa shape index (κ2) is 40.4. The molecule has 19 fully saturated rings. The van der Waals surface area contributed by atoms with Crippen molar-refractivity contribution in [3.8, 4) is 22.4 Å². The molecule has 35 heteroatoms. The van der Waals surface area contributed by atoms with Gasteiger partial charge in [0.25, 0.3) is 36.1 Å². The van der Waals surface area contributed by atoms with Crippen LogP contribution in [0.3, 0.4) is 0 Å². The minimum absolute atomic E-state index is 0.0847. The lowest BCUT2D eigenvalue weighted by atomic mass is 9.75. The van der Waals surface area contributed by atoms with Gasteiger partial charge in [-0.3, -0.25) is 66.3 Å². The summed E-state index contributed by atoms with van der Waals surface area (Å²) in [7, 11) is 0. The van der Waals surface area contributed by atoms with Crippen LogP contribution in [0, 0.1) is 62.2 Å². The van der Waals surface area contributed by atoms with Gasteiger partial charge < -0.3 is 28.4 Å². The molecule has 10 aromatic rings. The summed E-state index contributed by atoms with van der Waals surface area (Å²) in [6.45, 7) is 31.2. The first-order valence-corrected chi connectivity index (χ1v) is 53.4. The van der Waals surface area contributed by atoms with Crippen LogP contribution in [0.25, 0.3) is 44.2 Å². The zero-order valence-electron chi connectivity index (χ0n) is 82.8. The van der Waals surface area contributed by atoms with Crippen LogP contribution in [-0.2, 0) is 34.8 Å². The van der Waals surface area contributed by atoms with Crippen molar-refractivity contribution in [1.82, 2.24) is 79.2 Å². The first-order chi connectivity index (χ1) is 70.5. The van der Waals surface area contributed by atoms with Gasteiger partial charge in [-0.25, -0.2) is 74.8 Å². The number of fused-ring (bicyclic) bond motifs is 14. The Morgan fingerprint density at radius 2 is 0.708 bits per heavy atom. The number of aromatic nitrogens is 10. The number of pyridine rings is 2. The van der Waals surface area contributed by atoms with Gasteiger partial charge >= 0.3 is 0 Å². The molecule has 4 aromatic carbocycles. The van der Waals surface area contributed by atoms with Crippen LogP contribution in [0.15, 0.2) is 199 Å². The van der Waals surface area contributed by atoms with Gasteiger partial charge in [-0.2, -0.15) is 0 Å². The molecule has 6 aromatic heterocycles. The van der Waals surface area contributed by atoms with E-state index in [0.29, 0.717) is 89.4 Å². The normalized spacial score (nSPS) is 31.8. The van der Waals surface area contributed by atoms with E-state index in [-0.39, 0.29) is 33.6 Å². The lowest BCUT2D eigenvalue weighted by Crippen LogP contribution is -2.61. The number of amidine groups is 6. The third-order valence-electron chi connectivity index (χ3n) is 34.0. The van der Waals surface area contributed by atoms with Crippen molar-refractivity contribution in [3.63, 3.8) is 0 Å². The molecule has 35 rings (SSSR count). The molecule has 6 spiro atoms. The number of piperidine rings is 18. The summed E-state index contributed by atoms with van der Waals surface area (Å²) >= 11 is 3.54. The fourth-order valence-corrected chi connectivity index (χ4v) is 26.3. The van der Waals surface area contributed by atoms with Crippen LogP contribution in [0.1, 0.15) is 125 Å². The number of anilines is 6. The predicted octanol–water partition coefficient (Wildman–Crippen LogP) is 14.7. The zero-order chi connectivity index (χ0) is 96.8. The highest BCUT2D eigenvalue weighted by Gasteiger charge is 2.58. The number of hydrogen-bond donors (Lipinski definition) is 6. The quantitative estimate of drug-likeness (QED) is 0.0740. The van der Waals surface area contributed by atoms with Crippen molar-refractivity contribution in [2.75, 3.05) is 189 Å². The molecule has 12 bridgehead atoms. The summed E-state index contributed by atoms with van der Waals surface area (Å²) in [5, 5.41) is 21.6. The van der Waals surface area contributed by atoms with E-state index in [0.717, 1.165) is 157 Å². The zero-order valence-corrected chi connectivity index (χ0v) is 84.4. The number of rotatable bonds is 10. The SMILES string of the molecule is Brc1cnc(NC2=NC[C@@]3(CN4CCC3CC4)O2)nc1-c1ccccc1.Cc1cccc(-c2cnc(NC3=NC[C@@]4(CN5CCC4CC5)O3)nc2)c1.Cc1cnc(NC2=NC[C@@]3(CN4CCC3CC4)O2)cc1C.c1ccc2cc(NC3=NC[C@@]4(CN5CCC4CC5)O3)ncc2c1.c1ccc2nc(NC3=NC[C@@]4(CN5CCC4CC5)O3)cnc2c1.c1nc(CC2CCCC2)cc(NC2=NC[C@@]3(CN4CCC3CC4)O2)n1. The van der Waals surface area contributed by atoms with Crippen molar-refractivity contribution in [3.05, 3.63) is 192 Å². The molecule has 0 unspecified atom stereocenters. The maximum atomic E-state index is 6.34. The number of ether oxygens (including phenoxy) is 6. The molecule has 1 aliphatic carbocycles. The minimum atomic E-state index is -0.156. The van der Waals surface area contributed by atoms with Crippen LogP contribution >= 0.6 is 15.9 Å². The average molecular weight is 2010 g/mol. The van der Waals surface area contributed by atoms with Crippen LogP contribution in [0.5, 0.6) is 0 Å². The van der Waals surface area contributed by atoms with Gasteiger partial charge in [0.1, 0.15) is 57.4 Å². The van der Waals surface area contributed by atoms with Crippen molar-refractivity contribution < 1.29 is 28.4 Å². The van der Waals surface area contributed by atoms with Crippen molar-refractivity contribution in [1.29, 1.82) is 0 Å². The van der Waals surface area contributed by atoms with Gasteiger partial charge in [0.15, 0.2) is 5.82 Å². The summed E-state index contributed by atoms with van der Waals surface area (Å²) < 4.78 is 38.6. The molecule has 34 nitrogen and oxygen atoms in total. The molecule has 18 saturated heterocycles. The molecule has 24 aliphatic heterocycles. The van der Waals surface area contributed by atoms with E-state index < -0.39 is 0 Å². The maximum absolute atomic E-state index is 6.34. The summed E-state index contributed by atoms with van der Waals surface area (Å²) in [6, 6.07) is 44.2. The van der Waals surface area contributed by atoms with Gasteiger partial charge in [-0.05, 0) is 251 Å². The van der Waals surface area contributed by atoms with Crippen molar-refractivity contribution >= 4 is 109 Å². The van der Waals surface area contributed by atoms with E-state index in [1.807, 2.05) is 110 Å². The Labute approximate surface area is 849 Å². The third-order valence-corrected chi connectivity index (χ3v) is 34.6. The maximum Gasteiger partial charge on any atom is 0.292 e. The third kappa shape index (κ3) is 20.2. The van der Waals surface area contributed by atoms with Gasteiger partial charge in [-0.1, -0.05) is 122 Å². The van der Waals surface area contributed by atoms with Crippen LogP contribution in [-0.4, -0.2) is 306 Å². The molecule has 30 heterocycles. The Kier molecular flexibility index (Phi) is 26.4. The predicted molar refractivity (Wildman–Crippen MR) is 563 cm³/mol. The number of halogens is 1. The summed E-state index contributed by atoms with van der Waals surface area (Å²) in [5.41, 5.74) is 9.84. The molecule has 6 N–H and O–H groups in total. The van der Waals surface area contributed by atoms with Gasteiger partial charge in [0, 0.05) is 134 Å². The van der Waals surface area contributed by atoms with E-state index in [2.05, 4.69) is 214 Å². The number of benzene rings is 4. The number of nitrogens with one attached hydrogen (secondary N) is 6. The van der Waals surface area contributed by atoms with Crippen LogP contribution in [0.2, 0.25) is 0 Å². The Balaban J connectivity index is 0.0000000931. The highest BCUT2D eigenvalue weighted by molar-refractivity contribution is 9.10. The summed E-state index contributed by atoms with van der Waals surface area (Å²) in [6.07, 6.45) is 33.8. The van der Waals surface area contributed by atoms with E-state index in [9.17, 15) is 0 Å². The first-order valence-electron chi connectivity index (χ1n) is 52.6. The summed E-state index contributed by atoms with van der Waals surface area (Å²) in [4.78, 5) is 87.3. The van der Waals surface area contributed by atoms with Gasteiger partial charge in [-0.15, -0.1) is 0 Å². The average Bonchev–Trinajstić information content (AvgIpc) is 1.56. The molecule has 0 radical (unpaired) electrons. The number of aryl methyl sites for hydroxylation is 3. The Hall–Kier alpha value is -12.1. The van der Waals surface area contributed by atoms with E-state index >= 15 is 0 Å². The first kappa shape index (κ1) is 94.2. The van der Waals surface area contributed by atoms with E-state index in [1.54, 1.807) is 18.7 Å². The lowest BCUT2D eigenvalue weighted by Gasteiger charge is -2.50. The number of aliphatic imine (C=N–C) groups is 6. The topological polar surface area (TPSA) is 350 Å². The van der Waals surface area contributed by atoms with Crippen molar-refractivity contribution in [2.24, 2.45) is 71.4 Å². The van der Waals surface area contributed by atoms with E-state index in [1.165, 1.54) is 203 Å². The number of para-hydroxylation sites is 2. The Bertz CT molecular complexity index is 6370. The number of hydrogen-bond acceptors (Lipinski definition) is 34. The molecule has 750 valence electrons. The molecule has 144 heavy (non-hydrogen) atoms. The fourth-order valence-electron chi connectivity index (χ4n) is 25.9. The highest BCUT2D eigenvalue weighted by atomic mass is 79.9. The van der Waals surface area contributed by atoms with Gasteiger partial charge in [0.05, 0.1) is 66.7 Å². The monoisotopic (exact) mass is 2010 g/mol. The Morgan fingerprint density at radius 3 is 1.16 bits per heavy atom. The fraction of sp³-hybridized carbons (Fsp3) is 0.523. The second-order valence-corrected chi connectivity index (χ2v) is 44.1. The van der Waals surface area contributed by atoms with Gasteiger partial charge in [0.2, 0.25) is 11.9 Å². The highest BCUT2D eigenvalue weighted by Crippen LogP contribution is 2.48. The smallest absolute Gasteiger partial charge is 0.292 e. The largest absolute Gasteiger partial charge is 0.455 e. The molecule has 0 amide bonds. The van der Waals surface area contributed by atoms with E-state index in [4.69, 9.17) is 28.4 Å². The van der Waals surface area contributed by atoms with Crippen LogP contribution < -0.4 is 31.9 Å². The molecule has 6 atom stereocenters. The minimum Gasteiger partial charge on any atom is -0.455 e. The summed E-state index contributed by atoms with van der Waals surface area (Å²) in [5.74, 6) is 8.68.